The Morgan fingerprint density at radius 1 is 1.47 bits per heavy atom. The molecule has 2 rings (SSSR count). The van der Waals surface area contributed by atoms with E-state index < -0.39 is 0 Å². The fourth-order valence-corrected chi connectivity index (χ4v) is 1.56. The number of aromatic nitrogens is 3. The first-order valence-electron chi connectivity index (χ1n) is 5.58. The van der Waals surface area contributed by atoms with Crippen LogP contribution in [-0.4, -0.2) is 21.3 Å². The highest BCUT2D eigenvalue weighted by atomic mass is 19.1. The van der Waals surface area contributed by atoms with Gasteiger partial charge in [-0.05, 0) is 25.1 Å². The molecule has 2 aromatic rings. The average Bonchev–Trinajstić information content (AvgIpc) is 2.74. The molecule has 17 heavy (non-hydrogen) atoms. The molecule has 0 aliphatic heterocycles. The Kier molecular flexibility index (Phi) is 3.49. The van der Waals surface area contributed by atoms with E-state index in [0.717, 1.165) is 12.1 Å². The second-order valence-electron chi connectivity index (χ2n) is 3.85. The Bertz CT molecular complexity index is 507. The lowest BCUT2D eigenvalue weighted by Gasteiger charge is -2.07. The van der Waals surface area contributed by atoms with Gasteiger partial charge in [-0.15, -0.1) is 0 Å². The van der Waals surface area contributed by atoms with Crippen LogP contribution < -0.4 is 5.32 Å². The third-order valence-electron chi connectivity index (χ3n) is 2.44. The first-order valence-corrected chi connectivity index (χ1v) is 5.58. The molecule has 0 unspecified atom stereocenters. The van der Waals surface area contributed by atoms with Crippen molar-refractivity contribution in [3.05, 3.63) is 41.6 Å². The number of nitrogens with zero attached hydrogens (tertiary/aromatic N) is 3. The minimum absolute atomic E-state index is 0.244. The number of pyridine rings is 1. The van der Waals surface area contributed by atoms with Crippen LogP contribution in [0.2, 0.25) is 0 Å². The summed E-state index contributed by atoms with van der Waals surface area (Å²) < 4.78 is 15.6. The minimum atomic E-state index is -0.323. The lowest BCUT2D eigenvalue weighted by Crippen LogP contribution is -2.14. The lowest BCUT2D eigenvalue weighted by atomic mass is 10.2. The highest BCUT2D eigenvalue weighted by Gasteiger charge is 2.11. The summed E-state index contributed by atoms with van der Waals surface area (Å²) >= 11 is 0. The fraction of sp³-hybridized carbons (Fsp3) is 0.333. The van der Waals surface area contributed by atoms with Gasteiger partial charge in [0, 0.05) is 24.5 Å². The van der Waals surface area contributed by atoms with E-state index in [1.807, 2.05) is 13.8 Å². The summed E-state index contributed by atoms with van der Waals surface area (Å²) in [7, 11) is 0. The summed E-state index contributed by atoms with van der Waals surface area (Å²) in [5.41, 5.74) is 1.58. The molecule has 2 heterocycles. The summed E-state index contributed by atoms with van der Waals surface area (Å²) in [6.45, 7) is 5.19. The van der Waals surface area contributed by atoms with Gasteiger partial charge in [0.2, 0.25) is 0 Å². The molecule has 0 saturated heterocycles. The van der Waals surface area contributed by atoms with Gasteiger partial charge in [-0.25, -0.2) is 14.1 Å². The zero-order valence-electron chi connectivity index (χ0n) is 9.94. The first-order chi connectivity index (χ1) is 8.22. The Morgan fingerprint density at radius 3 is 2.94 bits per heavy atom. The summed E-state index contributed by atoms with van der Waals surface area (Å²) in [6.07, 6.45) is 5.03. The van der Waals surface area contributed by atoms with Crippen LogP contribution in [0.3, 0.4) is 0 Å². The van der Waals surface area contributed by atoms with Crippen molar-refractivity contribution in [1.82, 2.24) is 20.1 Å². The van der Waals surface area contributed by atoms with Crippen molar-refractivity contribution in [3.63, 3.8) is 0 Å². The molecule has 0 radical (unpaired) electrons. The number of hydrogen-bond acceptors (Lipinski definition) is 3. The summed E-state index contributed by atoms with van der Waals surface area (Å²) in [4.78, 5) is 4.03. The highest BCUT2D eigenvalue weighted by Crippen LogP contribution is 2.14. The second-order valence-corrected chi connectivity index (χ2v) is 3.85. The van der Waals surface area contributed by atoms with Crippen LogP contribution in [0.15, 0.2) is 24.7 Å². The fourth-order valence-electron chi connectivity index (χ4n) is 1.56. The van der Waals surface area contributed by atoms with E-state index in [0.29, 0.717) is 12.1 Å². The Morgan fingerprint density at radius 2 is 2.29 bits per heavy atom. The third kappa shape index (κ3) is 2.50. The number of rotatable bonds is 4. The maximum absolute atomic E-state index is 14.1. The summed E-state index contributed by atoms with van der Waals surface area (Å²) in [5.74, 6) is -0.0787. The van der Waals surface area contributed by atoms with Gasteiger partial charge in [0.15, 0.2) is 11.6 Å². The van der Waals surface area contributed by atoms with Gasteiger partial charge in [-0.1, -0.05) is 6.92 Å². The molecule has 0 amide bonds. The maximum atomic E-state index is 14.1. The molecule has 0 bridgehead atoms. The SMILES string of the molecule is CCNCc1ccnc(-n2cc(C)cn2)c1F. The molecule has 2 aromatic heterocycles. The molecule has 1 N–H and O–H groups in total. The van der Waals surface area contributed by atoms with Crippen molar-refractivity contribution >= 4 is 0 Å². The topological polar surface area (TPSA) is 42.7 Å². The molecule has 0 fully saturated rings. The molecule has 0 aliphatic rings. The van der Waals surface area contributed by atoms with E-state index in [9.17, 15) is 4.39 Å². The third-order valence-corrected chi connectivity index (χ3v) is 2.44. The van der Waals surface area contributed by atoms with Crippen molar-refractivity contribution in [1.29, 1.82) is 0 Å². The van der Waals surface area contributed by atoms with Crippen LogP contribution in [0.25, 0.3) is 5.82 Å². The Balaban J connectivity index is 2.35. The predicted molar refractivity (Wildman–Crippen MR) is 63.4 cm³/mol. The lowest BCUT2D eigenvalue weighted by molar-refractivity contribution is 0.571. The van der Waals surface area contributed by atoms with Gasteiger partial charge in [0.05, 0.1) is 6.20 Å². The van der Waals surface area contributed by atoms with Crippen LogP contribution >= 0.6 is 0 Å². The van der Waals surface area contributed by atoms with Crippen LogP contribution in [0.1, 0.15) is 18.1 Å². The van der Waals surface area contributed by atoms with Crippen LogP contribution in [-0.2, 0) is 6.54 Å². The zero-order chi connectivity index (χ0) is 12.3. The van der Waals surface area contributed by atoms with Gasteiger partial charge in [-0.2, -0.15) is 5.10 Å². The minimum Gasteiger partial charge on any atom is -0.313 e. The van der Waals surface area contributed by atoms with E-state index in [2.05, 4.69) is 15.4 Å². The number of hydrogen-bond donors (Lipinski definition) is 1. The van der Waals surface area contributed by atoms with E-state index in [4.69, 9.17) is 0 Å². The highest BCUT2D eigenvalue weighted by molar-refractivity contribution is 5.30. The van der Waals surface area contributed by atoms with Gasteiger partial charge >= 0.3 is 0 Å². The Hall–Kier alpha value is -1.75. The summed E-state index contributed by atoms with van der Waals surface area (Å²) in [6, 6.07) is 1.68. The average molecular weight is 234 g/mol. The van der Waals surface area contributed by atoms with Crippen molar-refractivity contribution in [2.45, 2.75) is 20.4 Å². The van der Waals surface area contributed by atoms with Crippen molar-refractivity contribution in [3.8, 4) is 5.82 Å². The molecular formula is C12H15FN4. The standard InChI is InChI=1S/C12H15FN4/c1-3-14-7-10-4-5-15-12(11(10)13)17-8-9(2)6-16-17/h4-6,8,14H,3,7H2,1-2H3. The van der Waals surface area contributed by atoms with E-state index in [1.54, 1.807) is 24.7 Å². The van der Waals surface area contributed by atoms with Crippen molar-refractivity contribution in [2.75, 3.05) is 6.54 Å². The normalized spacial score (nSPS) is 10.8. The first kappa shape index (κ1) is 11.7. The Labute approximate surface area is 99.5 Å². The number of aryl methyl sites for hydroxylation is 1. The molecular weight excluding hydrogens is 219 g/mol. The largest absolute Gasteiger partial charge is 0.313 e. The van der Waals surface area contributed by atoms with Crippen LogP contribution in [0, 0.1) is 12.7 Å². The van der Waals surface area contributed by atoms with E-state index in [1.165, 1.54) is 4.68 Å². The molecule has 0 atom stereocenters. The van der Waals surface area contributed by atoms with Crippen molar-refractivity contribution in [2.24, 2.45) is 0 Å². The molecule has 4 nitrogen and oxygen atoms in total. The van der Waals surface area contributed by atoms with Gasteiger partial charge in [0.25, 0.3) is 0 Å². The molecule has 0 aliphatic carbocycles. The smallest absolute Gasteiger partial charge is 0.190 e. The van der Waals surface area contributed by atoms with E-state index in [-0.39, 0.29) is 11.6 Å². The van der Waals surface area contributed by atoms with Gasteiger partial charge in [0.1, 0.15) is 0 Å². The van der Waals surface area contributed by atoms with Gasteiger partial charge < -0.3 is 5.32 Å². The second kappa shape index (κ2) is 5.05. The van der Waals surface area contributed by atoms with Crippen molar-refractivity contribution < 1.29 is 4.39 Å². The maximum Gasteiger partial charge on any atom is 0.190 e. The molecule has 5 heteroatoms. The van der Waals surface area contributed by atoms with Crippen LogP contribution in [0.4, 0.5) is 4.39 Å². The summed E-state index contributed by atoms with van der Waals surface area (Å²) in [5, 5.41) is 7.15. The predicted octanol–water partition coefficient (Wildman–Crippen LogP) is 1.82. The monoisotopic (exact) mass is 234 g/mol. The molecule has 0 spiro atoms. The van der Waals surface area contributed by atoms with E-state index >= 15 is 0 Å². The van der Waals surface area contributed by atoms with Gasteiger partial charge in [-0.3, -0.25) is 0 Å². The molecule has 90 valence electrons. The quantitative estimate of drug-likeness (QED) is 0.877. The number of halogens is 1. The zero-order valence-corrected chi connectivity index (χ0v) is 9.94. The molecule has 0 saturated carbocycles. The van der Waals surface area contributed by atoms with Crippen LogP contribution in [0.5, 0.6) is 0 Å². The molecule has 0 aromatic carbocycles. The number of nitrogens with one attached hydrogen (secondary N) is 1.